The highest BCUT2D eigenvalue weighted by molar-refractivity contribution is 9.08. The van der Waals surface area contributed by atoms with Gasteiger partial charge in [0.05, 0.1) is 0 Å². The van der Waals surface area contributed by atoms with Crippen molar-refractivity contribution in [1.29, 1.82) is 0 Å². The van der Waals surface area contributed by atoms with Gasteiger partial charge in [0.1, 0.15) is 5.82 Å². The fraction of sp³-hybridized carbons (Fsp3) is 0.0769. The topological polar surface area (TPSA) is 0 Å². The van der Waals surface area contributed by atoms with Gasteiger partial charge < -0.3 is 0 Å². The lowest BCUT2D eigenvalue weighted by Crippen LogP contribution is -1.87. The molecule has 4 heteroatoms. The zero-order valence-electron chi connectivity index (χ0n) is 8.68. The smallest absolute Gasteiger partial charge is 0.131 e. The van der Waals surface area contributed by atoms with E-state index in [-0.39, 0.29) is 5.82 Å². The van der Waals surface area contributed by atoms with E-state index in [1.807, 2.05) is 0 Å². The summed E-state index contributed by atoms with van der Waals surface area (Å²) in [7, 11) is 0. The molecule has 0 aromatic heterocycles. The molecule has 0 aliphatic rings. The molecule has 0 aliphatic carbocycles. The number of alkyl halides is 1. The third-order valence-electron chi connectivity index (χ3n) is 2.36. The Morgan fingerprint density at radius 1 is 1.00 bits per heavy atom. The van der Waals surface area contributed by atoms with Gasteiger partial charge in [0.15, 0.2) is 0 Å². The van der Waals surface area contributed by atoms with E-state index >= 15 is 0 Å². The second-order valence-electron chi connectivity index (χ2n) is 3.61. The molecule has 0 radical (unpaired) electrons. The second kappa shape index (κ2) is 5.38. The van der Waals surface area contributed by atoms with Gasteiger partial charge in [0, 0.05) is 20.9 Å². The summed E-state index contributed by atoms with van der Waals surface area (Å²) < 4.78 is 13.8. The van der Waals surface area contributed by atoms with E-state index in [1.54, 1.807) is 30.3 Å². The van der Waals surface area contributed by atoms with Crippen LogP contribution in [0.4, 0.5) is 4.39 Å². The van der Waals surface area contributed by atoms with Crippen molar-refractivity contribution in [3.8, 4) is 11.1 Å². The Morgan fingerprint density at radius 3 is 2.24 bits per heavy atom. The molecule has 88 valence electrons. The molecular formula is C13H8BrCl2F. The van der Waals surface area contributed by atoms with Crippen LogP contribution in [-0.2, 0) is 5.33 Å². The summed E-state index contributed by atoms with van der Waals surface area (Å²) in [5, 5.41) is 1.67. The van der Waals surface area contributed by atoms with Crippen molar-refractivity contribution in [2.75, 3.05) is 0 Å². The molecule has 0 saturated carbocycles. The Labute approximate surface area is 117 Å². The molecule has 0 amide bonds. The van der Waals surface area contributed by atoms with Crippen molar-refractivity contribution in [2.45, 2.75) is 5.33 Å². The first-order valence-corrected chi connectivity index (χ1v) is 6.79. The normalized spacial score (nSPS) is 10.6. The van der Waals surface area contributed by atoms with Crippen LogP contribution in [0, 0.1) is 5.82 Å². The lowest BCUT2D eigenvalue weighted by molar-refractivity contribution is 0.631. The number of halogens is 4. The molecule has 0 heterocycles. The molecule has 0 fully saturated rings. The zero-order chi connectivity index (χ0) is 12.4. The fourth-order valence-electron chi connectivity index (χ4n) is 1.59. The molecule has 0 unspecified atom stereocenters. The number of benzene rings is 2. The van der Waals surface area contributed by atoms with Crippen molar-refractivity contribution in [1.82, 2.24) is 0 Å². The van der Waals surface area contributed by atoms with Crippen LogP contribution in [0.5, 0.6) is 0 Å². The summed E-state index contributed by atoms with van der Waals surface area (Å²) in [6.07, 6.45) is 0. The van der Waals surface area contributed by atoms with Crippen LogP contribution < -0.4 is 0 Å². The van der Waals surface area contributed by atoms with E-state index < -0.39 is 0 Å². The molecule has 2 aromatic rings. The molecule has 17 heavy (non-hydrogen) atoms. The Morgan fingerprint density at radius 2 is 1.65 bits per heavy atom. The van der Waals surface area contributed by atoms with Gasteiger partial charge in [-0.05, 0) is 41.5 Å². The van der Waals surface area contributed by atoms with Crippen molar-refractivity contribution in [3.05, 3.63) is 57.8 Å². The fourth-order valence-corrected chi connectivity index (χ4v) is 2.46. The summed E-state index contributed by atoms with van der Waals surface area (Å²) in [4.78, 5) is 0. The van der Waals surface area contributed by atoms with Gasteiger partial charge >= 0.3 is 0 Å². The number of rotatable bonds is 2. The molecule has 2 aromatic carbocycles. The monoisotopic (exact) mass is 332 g/mol. The Hall–Kier alpha value is -0.570. The van der Waals surface area contributed by atoms with Gasteiger partial charge in [0.25, 0.3) is 0 Å². The summed E-state index contributed by atoms with van der Waals surface area (Å²) in [5.41, 5.74) is 2.19. The SMILES string of the molecule is Fc1ccc(CBr)cc1-c1cc(Cl)cc(Cl)c1. The average molecular weight is 334 g/mol. The van der Waals surface area contributed by atoms with E-state index in [0.29, 0.717) is 26.5 Å². The van der Waals surface area contributed by atoms with Crippen molar-refractivity contribution in [2.24, 2.45) is 0 Å². The lowest BCUT2D eigenvalue weighted by Gasteiger charge is -2.07. The number of hydrogen-bond donors (Lipinski definition) is 0. The summed E-state index contributed by atoms with van der Waals surface area (Å²) in [6, 6.07) is 9.99. The van der Waals surface area contributed by atoms with Crippen LogP contribution in [0.25, 0.3) is 11.1 Å². The van der Waals surface area contributed by atoms with Gasteiger partial charge in [-0.25, -0.2) is 4.39 Å². The molecule has 0 nitrogen and oxygen atoms in total. The van der Waals surface area contributed by atoms with Crippen LogP contribution in [0.1, 0.15) is 5.56 Å². The molecule has 0 atom stereocenters. The van der Waals surface area contributed by atoms with E-state index in [2.05, 4.69) is 15.9 Å². The molecular weight excluding hydrogens is 326 g/mol. The summed E-state index contributed by atoms with van der Waals surface area (Å²) in [5.74, 6) is -0.284. The maximum absolute atomic E-state index is 13.8. The Kier molecular flexibility index (Phi) is 4.08. The van der Waals surface area contributed by atoms with E-state index in [9.17, 15) is 4.39 Å². The third kappa shape index (κ3) is 3.01. The molecule has 0 saturated heterocycles. The highest BCUT2D eigenvalue weighted by atomic mass is 79.9. The minimum Gasteiger partial charge on any atom is -0.206 e. The van der Waals surface area contributed by atoms with Gasteiger partial charge in [0.2, 0.25) is 0 Å². The minimum atomic E-state index is -0.284. The van der Waals surface area contributed by atoms with Crippen LogP contribution in [0.2, 0.25) is 10.0 Å². The molecule has 0 N–H and O–H groups in total. The van der Waals surface area contributed by atoms with Gasteiger partial charge in [-0.15, -0.1) is 0 Å². The first-order chi connectivity index (χ1) is 8.10. The molecule has 0 spiro atoms. The van der Waals surface area contributed by atoms with E-state index in [4.69, 9.17) is 23.2 Å². The lowest BCUT2D eigenvalue weighted by atomic mass is 10.0. The van der Waals surface area contributed by atoms with E-state index in [0.717, 1.165) is 5.56 Å². The minimum absolute atomic E-state index is 0.284. The first kappa shape index (κ1) is 12.9. The van der Waals surface area contributed by atoms with Gasteiger partial charge in [-0.3, -0.25) is 0 Å². The first-order valence-electron chi connectivity index (χ1n) is 4.91. The van der Waals surface area contributed by atoms with Crippen LogP contribution in [0.15, 0.2) is 36.4 Å². The summed E-state index contributed by atoms with van der Waals surface area (Å²) >= 11 is 15.2. The second-order valence-corrected chi connectivity index (χ2v) is 5.04. The molecule has 0 bridgehead atoms. The maximum Gasteiger partial charge on any atom is 0.131 e. The van der Waals surface area contributed by atoms with Crippen molar-refractivity contribution in [3.63, 3.8) is 0 Å². The maximum atomic E-state index is 13.8. The largest absolute Gasteiger partial charge is 0.206 e. The third-order valence-corrected chi connectivity index (χ3v) is 3.44. The van der Waals surface area contributed by atoms with Crippen LogP contribution >= 0.6 is 39.1 Å². The average Bonchev–Trinajstić information content (AvgIpc) is 2.28. The Bertz CT molecular complexity index is 535. The standard InChI is InChI=1S/C13H8BrCl2F/c14-7-8-1-2-13(17)12(3-8)9-4-10(15)6-11(16)5-9/h1-6H,7H2. The highest BCUT2D eigenvalue weighted by Crippen LogP contribution is 2.30. The van der Waals surface area contributed by atoms with Crippen molar-refractivity contribution < 1.29 is 4.39 Å². The quantitative estimate of drug-likeness (QED) is 0.619. The zero-order valence-corrected chi connectivity index (χ0v) is 11.8. The van der Waals surface area contributed by atoms with Gasteiger partial charge in [-0.2, -0.15) is 0 Å². The van der Waals surface area contributed by atoms with Crippen LogP contribution in [-0.4, -0.2) is 0 Å². The van der Waals surface area contributed by atoms with Crippen molar-refractivity contribution >= 4 is 39.1 Å². The van der Waals surface area contributed by atoms with Crippen LogP contribution in [0.3, 0.4) is 0 Å². The predicted molar refractivity (Wildman–Crippen MR) is 74.5 cm³/mol. The molecule has 0 aliphatic heterocycles. The highest BCUT2D eigenvalue weighted by Gasteiger charge is 2.08. The predicted octanol–water partition coefficient (Wildman–Crippen LogP) is 5.69. The molecule has 2 rings (SSSR count). The van der Waals surface area contributed by atoms with Gasteiger partial charge in [-0.1, -0.05) is 45.2 Å². The summed E-state index contributed by atoms with van der Waals surface area (Å²) in [6.45, 7) is 0. The number of hydrogen-bond acceptors (Lipinski definition) is 0. The van der Waals surface area contributed by atoms with E-state index in [1.165, 1.54) is 6.07 Å². The Balaban J connectivity index is 2.58.